The molecule has 0 aromatic carbocycles. The van der Waals surface area contributed by atoms with Crippen LogP contribution in [0.4, 0.5) is 4.79 Å². The summed E-state index contributed by atoms with van der Waals surface area (Å²) in [6.07, 6.45) is 3.14. The third-order valence-corrected chi connectivity index (χ3v) is 3.83. The Morgan fingerprint density at radius 2 is 2.00 bits per heavy atom. The van der Waals surface area contributed by atoms with Gasteiger partial charge in [0.1, 0.15) is 5.60 Å². The van der Waals surface area contributed by atoms with E-state index >= 15 is 0 Å². The maximum atomic E-state index is 12.6. The minimum absolute atomic E-state index is 0.0295. The number of pyridine rings is 1. The van der Waals surface area contributed by atoms with E-state index in [4.69, 9.17) is 4.74 Å². The van der Waals surface area contributed by atoms with Crippen molar-refractivity contribution in [2.45, 2.75) is 51.7 Å². The number of carbonyl (C=O) groups excluding carboxylic acids is 2. The maximum Gasteiger partial charge on any atom is 0.410 e. The average Bonchev–Trinajstić information content (AvgIpc) is 2.52. The van der Waals surface area contributed by atoms with Crippen molar-refractivity contribution in [3.05, 3.63) is 30.1 Å². The molecule has 0 unspecified atom stereocenters. The molecule has 6 heteroatoms. The van der Waals surface area contributed by atoms with Crippen LogP contribution in [0, 0.1) is 0 Å². The zero-order valence-electron chi connectivity index (χ0n) is 14.7. The number of amides is 1. The lowest BCUT2D eigenvalue weighted by Gasteiger charge is -2.35. The lowest BCUT2D eigenvalue weighted by molar-refractivity contribution is -0.120. The standard InChI is InChI=1S/C18H27N3O3/c1-18(2,3)24-17(23)21(15-7-10-19-11-8-15)13-16(22)12-14-6-4-5-9-20-14/h4-6,9,15,19H,7-8,10-13H2,1-3H3. The molecule has 6 nitrogen and oxygen atoms in total. The van der Waals surface area contributed by atoms with Gasteiger partial charge >= 0.3 is 6.09 Å². The summed E-state index contributed by atoms with van der Waals surface area (Å²) in [4.78, 5) is 30.8. The van der Waals surface area contributed by atoms with E-state index in [1.807, 2.05) is 39.0 Å². The fraction of sp³-hybridized carbons (Fsp3) is 0.611. The summed E-state index contributed by atoms with van der Waals surface area (Å²) < 4.78 is 5.50. The van der Waals surface area contributed by atoms with E-state index in [2.05, 4.69) is 10.3 Å². The number of Topliss-reactive ketones (excluding diaryl/α,β-unsaturated/α-hetero) is 1. The highest BCUT2D eigenvalue weighted by atomic mass is 16.6. The molecule has 1 aromatic rings. The van der Waals surface area contributed by atoms with Crippen LogP contribution in [0.2, 0.25) is 0 Å². The van der Waals surface area contributed by atoms with Crippen LogP contribution in [0.5, 0.6) is 0 Å². The molecule has 1 fully saturated rings. The van der Waals surface area contributed by atoms with Gasteiger partial charge in [-0.3, -0.25) is 14.7 Å². The second kappa shape index (κ2) is 8.24. The van der Waals surface area contributed by atoms with Crippen LogP contribution in [0.15, 0.2) is 24.4 Å². The monoisotopic (exact) mass is 333 g/mol. The van der Waals surface area contributed by atoms with E-state index in [1.165, 1.54) is 0 Å². The number of nitrogens with zero attached hydrogens (tertiary/aromatic N) is 2. The van der Waals surface area contributed by atoms with E-state index in [-0.39, 0.29) is 24.8 Å². The highest BCUT2D eigenvalue weighted by molar-refractivity contribution is 5.85. The Balaban J connectivity index is 2.04. The molecular formula is C18H27N3O3. The van der Waals surface area contributed by atoms with E-state index in [1.54, 1.807) is 11.1 Å². The zero-order chi connectivity index (χ0) is 17.6. The van der Waals surface area contributed by atoms with Gasteiger partial charge in [0.2, 0.25) is 0 Å². The van der Waals surface area contributed by atoms with Gasteiger partial charge in [-0.2, -0.15) is 0 Å². The number of aromatic nitrogens is 1. The third-order valence-electron chi connectivity index (χ3n) is 3.83. The molecule has 1 aliphatic rings. The van der Waals surface area contributed by atoms with Crippen molar-refractivity contribution in [3.8, 4) is 0 Å². The minimum Gasteiger partial charge on any atom is -0.444 e. The number of rotatable bonds is 5. The Morgan fingerprint density at radius 1 is 1.29 bits per heavy atom. The molecule has 0 radical (unpaired) electrons. The number of ketones is 1. The smallest absolute Gasteiger partial charge is 0.410 e. The second-order valence-electron chi connectivity index (χ2n) is 7.13. The van der Waals surface area contributed by atoms with Gasteiger partial charge < -0.3 is 10.1 Å². The number of nitrogens with one attached hydrogen (secondary N) is 1. The number of hydrogen-bond donors (Lipinski definition) is 1. The average molecular weight is 333 g/mol. The molecule has 0 spiro atoms. The lowest BCUT2D eigenvalue weighted by Crippen LogP contribution is -2.50. The number of carbonyl (C=O) groups is 2. The normalized spacial score (nSPS) is 15.8. The topological polar surface area (TPSA) is 71.5 Å². The van der Waals surface area contributed by atoms with E-state index < -0.39 is 11.7 Å². The summed E-state index contributed by atoms with van der Waals surface area (Å²) in [6.45, 7) is 7.26. The molecule has 2 heterocycles. The van der Waals surface area contributed by atoms with Gasteiger partial charge in [0.15, 0.2) is 5.78 Å². The molecule has 2 rings (SSSR count). The van der Waals surface area contributed by atoms with Crippen molar-refractivity contribution in [3.63, 3.8) is 0 Å². The lowest BCUT2D eigenvalue weighted by atomic mass is 10.0. The fourth-order valence-electron chi connectivity index (χ4n) is 2.73. The molecule has 24 heavy (non-hydrogen) atoms. The highest BCUT2D eigenvalue weighted by Gasteiger charge is 2.30. The minimum atomic E-state index is -0.577. The van der Waals surface area contributed by atoms with E-state index in [9.17, 15) is 9.59 Å². The Kier molecular flexibility index (Phi) is 6.31. The quantitative estimate of drug-likeness (QED) is 0.894. The predicted molar refractivity (Wildman–Crippen MR) is 91.8 cm³/mol. The molecule has 0 aliphatic carbocycles. The Morgan fingerprint density at radius 3 is 2.58 bits per heavy atom. The van der Waals surface area contributed by atoms with Crippen LogP contribution < -0.4 is 5.32 Å². The molecule has 1 N–H and O–H groups in total. The molecule has 0 atom stereocenters. The Hall–Kier alpha value is -1.95. The van der Waals surface area contributed by atoms with Crippen molar-refractivity contribution in [2.24, 2.45) is 0 Å². The summed E-state index contributed by atoms with van der Waals surface area (Å²) in [6, 6.07) is 5.53. The Labute approximate surface area is 143 Å². The maximum absolute atomic E-state index is 12.6. The van der Waals surface area contributed by atoms with E-state index in [0.29, 0.717) is 0 Å². The van der Waals surface area contributed by atoms with Crippen LogP contribution in [0.3, 0.4) is 0 Å². The first-order valence-corrected chi connectivity index (χ1v) is 8.47. The summed E-state index contributed by atoms with van der Waals surface area (Å²) in [5.74, 6) is -0.0295. The van der Waals surface area contributed by atoms with Crippen LogP contribution in [-0.2, 0) is 16.0 Å². The molecule has 1 amide bonds. The third kappa shape index (κ3) is 5.92. The highest BCUT2D eigenvalue weighted by Crippen LogP contribution is 2.17. The van der Waals surface area contributed by atoms with Gasteiger partial charge in [-0.25, -0.2) is 4.79 Å². The van der Waals surface area contributed by atoms with Gasteiger partial charge in [-0.15, -0.1) is 0 Å². The number of hydrogen-bond acceptors (Lipinski definition) is 5. The summed E-state index contributed by atoms with van der Waals surface area (Å²) >= 11 is 0. The molecule has 1 aromatic heterocycles. The van der Waals surface area contributed by atoms with Crippen molar-refractivity contribution < 1.29 is 14.3 Å². The van der Waals surface area contributed by atoms with Crippen molar-refractivity contribution in [2.75, 3.05) is 19.6 Å². The SMILES string of the molecule is CC(C)(C)OC(=O)N(CC(=O)Cc1ccccn1)C1CCNCC1. The fourth-order valence-corrected chi connectivity index (χ4v) is 2.73. The first-order valence-electron chi connectivity index (χ1n) is 8.47. The van der Waals surface area contributed by atoms with Gasteiger partial charge in [0, 0.05) is 17.9 Å². The largest absolute Gasteiger partial charge is 0.444 e. The molecule has 0 saturated carbocycles. The molecule has 132 valence electrons. The van der Waals surface area contributed by atoms with Crippen LogP contribution >= 0.6 is 0 Å². The van der Waals surface area contributed by atoms with Crippen LogP contribution in [0.1, 0.15) is 39.3 Å². The van der Waals surface area contributed by atoms with Gasteiger partial charge in [-0.1, -0.05) is 6.07 Å². The second-order valence-corrected chi connectivity index (χ2v) is 7.13. The van der Waals surface area contributed by atoms with Gasteiger partial charge in [0.25, 0.3) is 0 Å². The molecule has 0 bridgehead atoms. The zero-order valence-corrected chi connectivity index (χ0v) is 14.7. The predicted octanol–water partition coefficient (Wildman–Crippen LogP) is 2.18. The molecular weight excluding hydrogens is 306 g/mol. The first-order chi connectivity index (χ1) is 11.3. The molecule has 1 aliphatic heterocycles. The van der Waals surface area contributed by atoms with Crippen LogP contribution in [-0.4, -0.2) is 53.0 Å². The summed E-state index contributed by atoms with van der Waals surface area (Å²) in [5.41, 5.74) is 0.142. The summed E-state index contributed by atoms with van der Waals surface area (Å²) in [5, 5.41) is 3.28. The van der Waals surface area contributed by atoms with Crippen LogP contribution in [0.25, 0.3) is 0 Å². The first kappa shape index (κ1) is 18.4. The summed E-state index contributed by atoms with van der Waals surface area (Å²) in [7, 11) is 0. The van der Waals surface area contributed by atoms with Gasteiger partial charge in [0.05, 0.1) is 13.0 Å². The Bertz CT molecular complexity index is 548. The number of piperidine rings is 1. The van der Waals surface area contributed by atoms with Crippen molar-refractivity contribution in [1.29, 1.82) is 0 Å². The van der Waals surface area contributed by atoms with Crippen molar-refractivity contribution in [1.82, 2.24) is 15.2 Å². The van der Waals surface area contributed by atoms with Gasteiger partial charge in [-0.05, 0) is 58.8 Å². The van der Waals surface area contributed by atoms with E-state index in [0.717, 1.165) is 31.6 Å². The van der Waals surface area contributed by atoms with Crippen molar-refractivity contribution >= 4 is 11.9 Å². The molecule has 1 saturated heterocycles. The number of ether oxygens (including phenoxy) is 1.